The molecule has 1 aliphatic rings. The van der Waals surface area contributed by atoms with E-state index in [0.717, 1.165) is 11.8 Å². The number of hydrogen-bond donors (Lipinski definition) is 1. The van der Waals surface area contributed by atoms with E-state index in [9.17, 15) is 31.1 Å². The molecule has 0 radical (unpaired) electrons. The van der Waals surface area contributed by atoms with E-state index in [1.165, 1.54) is 25.3 Å². The summed E-state index contributed by atoms with van der Waals surface area (Å²) in [7, 11) is 1.28. The summed E-state index contributed by atoms with van der Waals surface area (Å²) in [6.45, 7) is 3.29. The third kappa shape index (κ3) is 5.84. The van der Waals surface area contributed by atoms with E-state index in [1.54, 1.807) is 13.8 Å². The Hall–Kier alpha value is -2.73. The zero-order valence-corrected chi connectivity index (χ0v) is 19.5. The Morgan fingerprint density at radius 1 is 1.00 bits per heavy atom. The first kappa shape index (κ1) is 25.9. The first-order chi connectivity index (χ1) is 15.7. The Kier molecular flexibility index (Phi) is 7.23. The van der Waals surface area contributed by atoms with Gasteiger partial charge in [0, 0.05) is 5.56 Å². The van der Waals surface area contributed by atoms with Crippen molar-refractivity contribution in [2.45, 2.75) is 32.3 Å². The number of thioether (sulfide) groups is 1. The van der Waals surface area contributed by atoms with Gasteiger partial charge in [0.25, 0.3) is 5.91 Å². The number of rotatable bonds is 5. The monoisotopic (exact) mass is 521 g/mol. The number of thiocarbonyl (C=S) groups is 1. The lowest BCUT2D eigenvalue weighted by Crippen LogP contribution is -2.17. The van der Waals surface area contributed by atoms with Crippen molar-refractivity contribution in [3.05, 3.63) is 51.9 Å². The highest BCUT2D eigenvalue weighted by molar-refractivity contribution is 8.26. The predicted molar refractivity (Wildman–Crippen MR) is 121 cm³/mol. The first-order valence-electron chi connectivity index (χ1n) is 9.62. The van der Waals surface area contributed by atoms with E-state index >= 15 is 0 Å². The summed E-state index contributed by atoms with van der Waals surface area (Å²) in [5.74, 6) is -0.447. The molecule has 1 N–H and O–H groups in total. The van der Waals surface area contributed by atoms with Gasteiger partial charge in [-0.05, 0) is 61.4 Å². The van der Waals surface area contributed by atoms with Gasteiger partial charge in [-0.15, -0.1) is 0 Å². The second-order valence-corrected chi connectivity index (χ2v) is 9.13. The Morgan fingerprint density at radius 3 is 2.03 bits per heavy atom. The van der Waals surface area contributed by atoms with Crippen LogP contribution < -0.4 is 14.8 Å². The lowest BCUT2D eigenvalue weighted by molar-refractivity contribution is -0.143. The van der Waals surface area contributed by atoms with Gasteiger partial charge in [0.15, 0.2) is 11.5 Å². The fourth-order valence-corrected chi connectivity index (χ4v) is 4.16. The lowest BCUT2D eigenvalue weighted by Gasteiger charge is -2.20. The summed E-state index contributed by atoms with van der Waals surface area (Å²) in [6.07, 6.45) is -9.11. The number of methoxy groups -OCH3 is 1. The van der Waals surface area contributed by atoms with Crippen LogP contribution in [0.2, 0.25) is 0 Å². The fourth-order valence-electron chi connectivity index (χ4n) is 3.11. The zero-order valence-electron chi connectivity index (χ0n) is 17.9. The van der Waals surface area contributed by atoms with Crippen molar-refractivity contribution in [1.29, 1.82) is 0 Å². The van der Waals surface area contributed by atoms with Crippen molar-refractivity contribution < 1.29 is 40.6 Å². The standard InChI is InChI=1S/C22H17F6NO3S2/c1-10(2)32-18-15(12-7-13(21(23,24)25)9-14(8-12)22(26,27)28)4-11(5-16(18)31-3)6-17-19(30)29-20(33)34-17/h4-10H,1-3H3,(H,29,30,33)/b17-6-. The van der Waals surface area contributed by atoms with E-state index < -0.39 is 35.5 Å². The van der Waals surface area contributed by atoms with Crippen LogP contribution in [0.1, 0.15) is 30.5 Å². The molecule has 0 bridgehead atoms. The highest BCUT2D eigenvalue weighted by atomic mass is 32.2. The quantitative estimate of drug-likeness (QED) is 0.270. The van der Waals surface area contributed by atoms with Gasteiger partial charge < -0.3 is 14.8 Å². The van der Waals surface area contributed by atoms with Crippen LogP contribution in [0.25, 0.3) is 17.2 Å². The molecule has 0 spiro atoms. The number of carbonyl (C=O) groups is 1. The summed E-state index contributed by atoms with van der Waals surface area (Å²) < 4.78 is 91.9. The molecule has 1 heterocycles. The molecule has 0 unspecified atom stereocenters. The number of nitrogens with one attached hydrogen (secondary N) is 1. The van der Waals surface area contributed by atoms with Gasteiger partial charge in [-0.25, -0.2) is 0 Å². The van der Waals surface area contributed by atoms with Crippen LogP contribution in [0.15, 0.2) is 35.2 Å². The van der Waals surface area contributed by atoms with Crippen LogP contribution in [0, 0.1) is 0 Å². The van der Waals surface area contributed by atoms with Gasteiger partial charge in [-0.3, -0.25) is 4.79 Å². The minimum Gasteiger partial charge on any atom is -0.493 e. The number of amides is 1. The minimum absolute atomic E-state index is 0.0360. The van der Waals surface area contributed by atoms with Gasteiger partial charge in [0.2, 0.25) is 0 Å². The van der Waals surface area contributed by atoms with Crippen LogP contribution >= 0.6 is 24.0 Å². The van der Waals surface area contributed by atoms with Crippen molar-refractivity contribution in [3.8, 4) is 22.6 Å². The Morgan fingerprint density at radius 2 is 1.59 bits per heavy atom. The maximum Gasteiger partial charge on any atom is 0.416 e. The predicted octanol–water partition coefficient (Wildman–Crippen LogP) is 6.68. The molecule has 0 aliphatic carbocycles. The molecular formula is C22H17F6NO3S2. The molecule has 0 atom stereocenters. The van der Waals surface area contributed by atoms with Gasteiger partial charge >= 0.3 is 12.4 Å². The van der Waals surface area contributed by atoms with E-state index in [-0.39, 0.29) is 43.5 Å². The average Bonchev–Trinajstić information content (AvgIpc) is 3.03. The normalized spacial score (nSPS) is 15.8. The second kappa shape index (κ2) is 9.49. The fraction of sp³-hybridized carbons (Fsp3) is 0.273. The Balaban J connectivity index is 2.31. The molecule has 0 saturated carbocycles. The van der Waals surface area contributed by atoms with E-state index in [2.05, 4.69) is 5.32 Å². The number of halogens is 6. The first-order valence-corrected chi connectivity index (χ1v) is 10.8. The largest absolute Gasteiger partial charge is 0.493 e. The zero-order chi connectivity index (χ0) is 25.4. The van der Waals surface area contributed by atoms with Gasteiger partial charge in [0.05, 0.1) is 29.2 Å². The molecule has 0 aromatic heterocycles. The van der Waals surface area contributed by atoms with Crippen LogP contribution in [0.3, 0.4) is 0 Å². The van der Waals surface area contributed by atoms with Crippen molar-refractivity contribution in [2.75, 3.05) is 7.11 Å². The molecule has 2 aromatic carbocycles. The maximum atomic E-state index is 13.4. The topological polar surface area (TPSA) is 47.6 Å². The van der Waals surface area contributed by atoms with Crippen molar-refractivity contribution in [1.82, 2.24) is 5.32 Å². The van der Waals surface area contributed by atoms with Crippen molar-refractivity contribution in [2.24, 2.45) is 0 Å². The van der Waals surface area contributed by atoms with Crippen molar-refractivity contribution in [3.63, 3.8) is 0 Å². The summed E-state index contributed by atoms with van der Waals surface area (Å²) in [5.41, 5.74) is -3.09. The molecule has 1 fully saturated rings. The van der Waals surface area contributed by atoms with Crippen molar-refractivity contribution >= 4 is 40.3 Å². The average molecular weight is 522 g/mol. The van der Waals surface area contributed by atoms with E-state index in [4.69, 9.17) is 21.7 Å². The Labute approximate surface area is 200 Å². The van der Waals surface area contributed by atoms with Crippen LogP contribution in [-0.4, -0.2) is 23.4 Å². The maximum absolute atomic E-state index is 13.4. The highest BCUT2D eigenvalue weighted by Gasteiger charge is 2.37. The lowest BCUT2D eigenvalue weighted by atomic mass is 9.96. The van der Waals surface area contributed by atoms with Crippen LogP contribution in [-0.2, 0) is 17.1 Å². The molecular weight excluding hydrogens is 504 g/mol. The molecule has 1 aliphatic heterocycles. The third-order valence-electron chi connectivity index (χ3n) is 4.49. The second-order valence-electron chi connectivity index (χ2n) is 7.41. The third-order valence-corrected chi connectivity index (χ3v) is 5.65. The van der Waals surface area contributed by atoms with Gasteiger partial charge in [-0.1, -0.05) is 24.0 Å². The van der Waals surface area contributed by atoms with Crippen LogP contribution in [0.4, 0.5) is 26.3 Å². The number of carbonyl (C=O) groups excluding carboxylic acids is 1. The number of hydrogen-bond acceptors (Lipinski definition) is 5. The van der Waals surface area contributed by atoms with Gasteiger partial charge in [0.1, 0.15) is 4.32 Å². The van der Waals surface area contributed by atoms with E-state index in [0.29, 0.717) is 12.1 Å². The summed E-state index contributed by atoms with van der Waals surface area (Å²) >= 11 is 5.91. The molecule has 1 amide bonds. The summed E-state index contributed by atoms with van der Waals surface area (Å²) in [4.78, 5) is 12.2. The molecule has 1 saturated heterocycles. The molecule has 3 rings (SSSR count). The summed E-state index contributed by atoms with van der Waals surface area (Å²) in [5, 5.41) is 2.43. The Bertz CT molecular complexity index is 1140. The number of ether oxygens (including phenoxy) is 2. The SMILES string of the molecule is COc1cc(/C=C2\SC(=S)NC2=O)cc(-c2cc(C(F)(F)F)cc(C(F)(F)F)c2)c1OC(C)C. The number of alkyl halides is 6. The molecule has 2 aromatic rings. The molecule has 34 heavy (non-hydrogen) atoms. The molecule has 12 heteroatoms. The highest BCUT2D eigenvalue weighted by Crippen LogP contribution is 2.45. The molecule has 4 nitrogen and oxygen atoms in total. The van der Waals surface area contributed by atoms with Gasteiger partial charge in [-0.2, -0.15) is 26.3 Å². The van der Waals surface area contributed by atoms with Crippen LogP contribution in [0.5, 0.6) is 11.5 Å². The minimum atomic E-state index is -5.02. The molecule has 182 valence electrons. The van der Waals surface area contributed by atoms with E-state index in [1.807, 2.05) is 0 Å². The summed E-state index contributed by atoms with van der Waals surface area (Å²) in [6, 6.07) is 4.07. The smallest absolute Gasteiger partial charge is 0.416 e. The number of benzene rings is 2.